The van der Waals surface area contributed by atoms with E-state index in [0.717, 1.165) is 48.8 Å². The quantitative estimate of drug-likeness (QED) is 0.767. The van der Waals surface area contributed by atoms with Crippen molar-refractivity contribution in [2.75, 3.05) is 0 Å². The maximum Gasteiger partial charge on any atom is 0.340 e. The van der Waals surface area contributed by atoms with E-state index in [4.69, 9.17) is 9.15 Å². The first-order chi connectivity index (χ1) is 13.9. The van der Waals surface area contributed by atoms with Gasteiger partial charge in [-0.2, -0.15) is 0 Å². The van der Waals surface area contributed by atoms with Gasteiger partial charge in [0, 0.05) is 17.5 Å². The van der Waals surface area contributed by atoms with Crippen LogP contribution in [0.15, 0.2) is 21.3 Å². The van der Waals surface area contributed by atoms with Crippen LogP contribution in [0.2, 0.25) is 0 Å². The van der Waals surface area contributed by atoms with Crippen LogP contribution in [0.25, 0.3) is 11.0 Å². The van der Waals surface area contributed by atoms with Gasteiger partial charge < -0.3 is 14.5 Å². The second-order valence-electron chi connectivity index (χ2n) is 8.85. The monoisotopic (exact) mass is 397 g/mol. The lowest BCUT2D eigenvalue weighted by atomic mass is 9.79. The summed E-state index contributed by atoms with van der Waals surface area (Å²) in [7, 11) is 0. The molecule has 1 N–H and O–H groups in total. The van der Waals surface area contributed by atoms with Gasteiger partial charge in [-0.1, -0.05) is 13.3 Å². The molecule has 156 valence electrons. The highest BCUT2D eigenvalue weighted by Gasteiger charge is 2.37. The van der Waals surface area contributed by atoms with Crippen molar-refractivity contribution in [3.8, 4) is 5.75 Å². The van der Waals surface area contributed by atoms with Gasteiger partial charge in [0.05, 0.1) is 12.0 Å². The Kier molecular flexibility index (Phi) is 5.41. The molecule has 5 nitrogen and oxygen atoms in total. The predicted molar refractivity (Wildman–Crippen MR) is 114 cm³/mol. The van der Waals surface area contributed by atoms with Crippen LogP contribution in [0.1, 0.15) is 75.5 Å². The Bertz CT molecular complexity index is 985. The lowest BCUT2D eigenvalue weighted by molar-refractivity contribution is -0.121. The minimum absolute atomic E-state index is 0.0394. The third-order valence-electron chi connectivity index (χ3n) is 6.77. The number of carbonyl (C=O) groups is 1. The maximum absolute atomic E-state index is 12.6. The van der Waals surface area contributed by atoms with Crippen molar-refractivity contribution >= 4 is 16.9 Å². The molecule has 2 heterocycles. The first kappa shape index (κ1) is 20.0. The molecular formula is C24H31NO4. The van der Waals surface area contributed by atoms with Crippen molar-refractivity contribution in [2.24, 2.45) is 0 Å². The van der Waals surface area contributed by atoms with Gasteiger partial charge in [0.25, 0.3) is 0 Å². The summed E-state index contributed by atoms with van der Waals surface area (Å²) in [6.45, 7) is 5.88. The van der Waals surface area contributed by atoms with Crippen LogP contribution in [-0.4, -0.2) is 17.6 Å². The van der Waals surface area contributed by atoms with E-state index in [0.29, 0.717) is 11.1 Å². The summed E-state index contributed by atoms with van der Waals surface area (Å²) in [5.74, 6) is 0.713. The molecule has 1 amide bonds. The summed E-state index contributed by atoms with van der Waals surface area (Å²) in [5, 5.41) is 3.82. The summed E-state index contributed by atoms with van der Waals surface area (Å²) in [6.07, 6.45) is 8.87. The number of amides is 1. The number of hydrogen-bond donors (Lipinski definition) is 1. The summed E-state index contributed by atoms with van der Waals surface area (Å²) >= 11 is 0. The Balaban J connectivity index is 1.66. The Hall–Kier alpha value is -2.30. The number of benzene rings is 1. The molecular weight excluding hydrogens is 366 g/mol. The average Bonchev–Trinajstić information content (AvgIpc) is 2.70. The lowest BCUT2D eigenvalue weighted by Crippen LogP contribution is -2.41. The topological polar surface area (TPSA) is 68.5 Å². The molecule has 5 heteroatoms. The Morgan fingerprint density at radius 1 is 1.21 bits per heavy atom. The molecule has 1 aliphatic heterocycles. The summed E-state index contributed by atoms with van der Waals surface area (Å²) < 4.78 is 12.1. The van der Waals surface area contributed by atoms with Gasteiger partial charge in [-0.05, 0) is 76.0 Å². The fourth-order valence-corrected chi connectivity index (χ4v) is 4.74. The number of carbonyl (C=O) groups excluding carboxylic acids is 1. The summed E-state index contributed by atoms with van der Waals surface area (Å²) in [6, 6.07) is 4.07. The fourth-order valence-electron chi connectivity index (χ4n) is 4.74. The highest BCUT2D eigenvalue weighted by atomic mass is 16.5. The number of fused-ring (bicyclic) bond motifs is 2. The Morgan fingerprint density at radius 2 is 1.97 bits per heavy atom. The third kappa shape index (κ3) is 3.92. The molecule has 1 spiro atoms. The molecule has 1 atom stereocenters. The number of nitrogens with one attached hydrogen (secondary N) is 1. The minimum atomic E-state index is -0.433. The number of rotatable bonds is 4. The first-order valence-corrected chi connectivity index (χ1v) is 11.0. The van der Waals surface area contributed by atoms with Crippen LogP contribution >= 0.6 is 0 Å². The molecule has 4 rings (SSSR count). The van der Waals surface area contributed by atoms with Crippen LogP contribution in [0.4, 0.5) is 0 Å². The van der Waals surface area contributed by atoms with Crippen molar-refractivity contribution in [1.82, 2.24) is 5.32 Å². The van der Waals surface area contributed by atoms with Crippen molar-refractivity contribution in [3.05, 3.63) is 39.2 Å². The van der Waals surface area contributed by atoms with Crippen LogP contribution in [0.3, 0.4) is 0 Å². The van der Waals surface area contributed by atoms with Gasteiger partial charge >= 0.3 is 5.63 Å². The van der Waals surface area contributed by atoms with Gasteiger partial charge in [0.15, 0.2) is 0 Å². The smallest absolute Gasteiger partial charge is 0.340 e. The molecule has 1 fully saturated rings. The molecule has 2 aliphatic rings. The van der Waals surface area contributed by atoms with Crippen molar-refractivity contribution in [2.45, 2.75) is 90.2 Å². The van der Waals surface area contributed by atoms with E-state index in [1.807, 2.05) is 26.8 Å². The second-order valence-corrected chi connectivity index (χ2v) is 8.85. The molecule has 0 saturated heterocycles. The molecule has 29 heavy (non-hydrogen) atoms. The molecule has 2 aromatic rings. The zero-order chi connectivity index (χ0) is 20.6. The molecule has 0 bridgehead atoms. The maximum atomic E-state index is 12.6. The number of ether oxygens (including phenoxy) is 1. The van der Waals surface area contributed by atoms with Crippen LogP contribution in [0.5, 0.6) is 5.75 Å². The highest BCUT2D eigenvalue weighted by molar-refractivity contribution is 5.86. The normalized spacial score (nSPS) is 18.9. The van der Waals surface area contributed by atoms with Crippen molar-refractivity contribution in [3.63, 3.8) is 0 Å². The second kappa shape index (κ2) is 7.85. The first-order valence-electron chi connectivity index (χ1n) is 11.0. The van der Waals surface area contributed by atoms with Crippen LogP contribution in [0, 0.1) is 6.92 Å². The van der Waals surface area contributed by atoms with E-state index in [1.54, 1.807) is 0 Å². The number of aryl methyl sites for hydroxylation is 2. The SMILES string of the molecule is CCC(C)NC(=O)Cc1c(C)c2cc3c(cc2oc1=O)OC1(CCCCC1)CC3. The standard InChI is InChI=1S/C24H31NO4/c1-4-15(2)25-22(26)13-19-16(3)18-12-17-8-11-24(9-6-5-7-10-24)29-20(17)14-21(18)28-23(19)27/h12,14-15H,4-11,13H2,1-3H3,(H,25,26). The Morgan fingerprint density at radius 3 is 2.69 bits per heavy atom. The minimum Gasteiger partial charge on any atom is -0.487 e. The van der Waals surface area contributed by atoms with Gasteiger partial charge in [-0.25, -0.2) is 4.79 Å². The number of hydrogen-bond acceptors (Lipinski definition) is 4. The van der Waals surface area contributed by atoms with Crippen LogP contribution < -0.4 is 15.7 Å². The van der Waals surface area contributed by atoms with Gasteiger partial charge in [0.2, 0.25) is 5.91 Å². The average molecular weight is 398 g/mol. The van der Waals surface area contributed by atoms with Crippen LogP contribution in [-0.2, 0) is 17.6 Å². The van der Waals surface area contributed by atoms with E-state index in [1.165, 1.54) is 24.8 Å². The lowest BCUT2D eigenvalue weighted by Gasteiger charge is -2.41. The molecule has 1 aromatic heterocycles. The van der Waals surface area contributed by atoms with Gasteiger partial charge in [0.1, 0.15) is 16.9 Å². The van der Waals surface area contributed by atoms with Gasteiger partial charge in [-0.15, -0.1) is 0 Å². The van der Waals surface area contributed by atoms with E-state index < -0.39 is 5.63 Å². The molecule has 0 radical (unpaired) electrons. The van der Waals surface area contributed by atoms with E-state index in [-0.39, 0.29) is 24.0 Å². The summed E-state index contributed by atoms with van der Waals surface area (Å²) in [4.78, 5) is 24.9. The molecule has 1 aromatic carbocycles. The van der Waals surface area contributed by atoms with E-state index >= 15 is 0 Å². The van der Waals surface area contributed by atoms with Crippen molar-refractivity contribution in [1.29, 1.82) is 0 Å². The van der Waals surface area contributed by atoms with E-state index in [2.05, 4.69) is 11.4 Å². The Labute approximate surface area is 171 Å². The van der Waals surface area contributed by atoms with Gasteiger partial charge in [-0.3, -0.25) is 4.79 Å². The predicted octanol–water partition coefficient (Wildman–Crippen LogP) is 4.59. The zero-order valence-electron chi connectivity index (χ0n) is 17.7. The zero-order valence-corrected chi connectivity index (χ0v) is 17.7. The van der Waals surface area contributed by atoms with Crippen molar-refractivity contribution < 1.29 is 13.9 Å². The third-order valence-corrected chi connectivity index (χ3v) is 6.77. The molecule has 1 saturated carbocycles. The fraction of sp³-hybridized carbons (Fsp3) is 0.583. The molecule has 1 unspecified atom stereocenters. The van der Waals surface area contributed by atoms with E-state index in [9.17, 15) is 9.59 Å². The highest BCUT2D eigenvalue weighted by Crippen LogP contribution is 2.43. The molecule has 1 aliphatic carbocycles. The summed E-state index contributed by atoms with van der Waals surface area (Å²) in [5.41, 5.74) is 2.51. The largest absolute Gasteiger partial charge is 0.487 e.